The highest BCUT2D eigenvalue weighted by atomic mass is 19.1. The molecular weight excluding hydrogens is 478 g/mol. The quantitative estimate of drug-likeness (QED) is 0.322. The average molecular weight is 531 g/mol. The van der Waals surface area contributed by atoms with Crippen LogP contribution in [-0.4, -0.2) is 18.3 Å². The van der Waals surface area contributed by atoms with Crippen molar-refractivity contribution in [1.29, 1.82) is 0 Å². The van der Waals surface area contributed by atoms with Gasteiger partial charge in [-0.3, -0.25) is 4.79 Å². The zero-order chi connectivity index (χ0) is 28.7. The first-order valence-corrected chi connectivity index (χ1v) is 14.4. The second kappa shape index (κ2) is 17.9. The topological polar surface area (TPSA) is 26.3 Å². The van der Waals surface area contributed by atoms with E-state index in [0.717, 1.165) is 55.2 Å². The number of ether oxygens (including phenoxy) is 1. The second-order valence-corrected chi connectivity index (χ2v) is 10.3. The van der Waals surface area contributed by atoms with Crippen molar-refractivity contribution >= 4 is 11.4 Å². The van der Waals surface area contributed by atoms with Crippen molar-refractivity contribution in [3.63, 3.8) is 0 Å². The van der Waals surface area contributed by atoms with Crippen LogP contribution in [0.4, 0.5) is 8.78 Å². The van der Waals surface area contributed by atoms with E-state index in [-0.39, 0.29) is 19.0 Å². The monoisotopic (exact) mass is 530 g/mol. The molecule has 214 valence electrons. The molecule has 0 heterocycles. The van der Waals surface area contributed by atoms with Gasteiger partial charge in [-0.05, 0) is 92.3 Å². The minimum atomic E-state index is -1.33. The minimum Gasteiger partial charge on any atom is -0.461 e. The number of halogens is 2. The summed E-state index contributed by atoms with van der Waals surface area (Å²) >= 11 is 0. The standard InChI is InChI=1S/C26H33FO2.C6H11F.C2H6.H2/c1-7-18(4)23-14-13-22(25(16-23)26(17(2)3)19(5)28)12-11-21-9-8-10-24(15-21)29-20(6)27;7-6-4-2-1-3-5-6;1-2;/h7-10,13-17,20,26H,11-12H2,1-6H3;6H,1-5H2;1-2H3;1H/b18-7+;;;. The summed E-state index contributed by atoms with van der Waals surface area (Å²) in [6.07, 6.45) is 7.03. The Morgan fingerprint density at radius 3 is 2.18 bits per heavy atom. The molecule has 0 amide bonds. The summed E-state index contributed by atoms with van der Waals surface area (Å²) in [7, 11) is 0. The van der Waals surface area contributed by atoms with Crippen molar-refractivity contribution in [2.45, 2.75) is 119 Å². The minimum absolute atomic E-state index is 0. The Morgan fingerprint density at radius 2 is 1.68 bits per heavy atom. The summed E-state index contributed by atoms with van der Waals surface area (Å²) in [5.41, 5.74) is 5.76. The number of carbonyl (C=O) groups excluding carboxylic acids is 1. The number of hydrogen-bond donors (Lipinski definition) is 0. The zero-order valence-corrected chi connectivity index (χ0v) is 25.0. The SMILES string of the molecule is C/C=C(\C)c1ccc(CCc2cccc(OC(C)F)c2)c(C(C(C)=O)C(C)C)c1.CC.FC1CCCCC1.[HH]. The number of aryl methyl sites for hydroxylation is 2. The molecule has 2 aromatic carbocycles. The summed E-state index contributed by atoms with van der Waals surface area (Å²) in [5.74, 6) is 0.858. The fraction of sp³-hybridized carbons (Fsp3) is 0.559. The predicted octanol–water partition coefficient (Wildman–Crippen LogP) is 10.5. The predicted molar refractivity (Wildman–Crippen MR) is 161 cm³/mol. The lowest BCUT2D eigenvalue weighted by molar-refractivity contribution is -0.119. The van der Waals surface area contributed by atoms with E-state index in [1.54, 1.807) is 13.0 Å². The maximum atomic E-state index is 13.1. The van der Waals surface area contributed by atoms with Gasteiger partial charge in [0, 0.05) is 14.3 Å². The number of rotatable bonds is 9. The van der Waals surface area contributed by atoms with Crippen LogP contribution in [0.15, 0.2) is 48.5 Å². The Bertz CT molecular complexity index is 994. The van der Waals surface area contributed by atoms with Crippen LogP contribution in [0.1, 0.15) is 117 Å². The number of benzene rings is 2. The van der Waals surface area contributed by atoms with Gasteiger partial charge in [0.15, 0.2) is 0 Å². The molecule has 2 nitrogen and oxygen atoms in total. The summed E-state index contributed by atoms with van der Waals surface area (Å²) in [6, 6.07) is 14.0. The molecule has 1 fully saturated rings. The fourth-order valence-electron chi connectivity index (χ4n) is 4.87. The van der Waals surface area contributed by atoms with Crippen molar-refractivity contribution in [2.24, 2.45) is 5.92 Å². The van der Waals surface area contributed by atoms with E-state index in [4.69, 9.17) is 4.74 Å². The molecule has 2 unspecified atom stereocenters. The fourth-order valence-corrected chi connectivity index (χ4v) is 4.87. The summed E-state index contributed by atoms with van der Waals surface area (Å²) in [5, 5.41) is 0. The molecule has 0 aromatic heterocycles. The van der Waals surface area contributed by atoms with Crippen molar-refractivity contribution in [3.8, 4) is 5.75 Å². The molecule has 0 spiro atoms. The van der Waals surface area contributed by atoms with Gasteiger partial charge in [-0.15, -0.1) is 0 Å². The molecular formula is C34H52F2O2. The van der Waals surface area contributed by atoms with Crippen LogP contribution >= 0.6 is 0 Å². The Labute approximate surface area is 232 Å². The molecule has 1 aliphatic carbocycles. The van der Waals surface area contributed by atoms with E-state index in [1.807, 2.05) is 39.0 Å². The van der Waals surface area contributed by atoms with E-state index < -0.39 is 12.5 Å². The first-order chi connectivity index (χ1) is 18.1. The van der Waals surface area contributed by atoms with E-state index in [1.165, 1.54) is 24.5 Å². The van der Waals surface area contributed by atoms with Crippen LogP contribution in [0.5, 0.6) is 5.75 Å². The van der Waals surface area contributed by atoms with Crippen LogP contribution in [0.2, 0.25) is 0 Å². The first kappa shape index (κ1) is 33.5. The third kappa shape index (κ3) is 11.5. The highest BCUT2D eigenvalue weighted by Gasteiger charge is 2.24. The lowest BCUT2D eigenvalue weighted by Crippen LogP contribution is -2.17. The smallest absolute Gasteiger partial charge is 0.235 e. The first-order valence-electron chi connectivity index (χ1n) is 14.4. The maximum Gasteiger partial charge on any atom is 0.235 e. The molecule has 1 aliphatic rings. The third-order valence-electron chi connectivity index (χ3n) is 6.89. The van der Waals surface area contributed by atoms with Crippen LogP contribution in [0, 0.1) is 5.92 Å². The van der Waals surface area contributed by atoms with Gasteiger partial charge in [0.25, 0.3) is 0 Å². The van der Waals surface area contributed by atoms with Crippen molar-refractivity contribution < 1.29 is 19.7 Å². The van der Waals surface area contributed by atoms with Crippen LogP contribution in [0.25, 0.3) is 5.57 Å². The molecule has 2 aromatic rings. The molecule has 4 heteroatoms. The van der Waals surface area contributed by atoms with Gasteiger partial charge in [0.05, 0.1) is 0 Å². The number of allylic oxidation sites excluding steroid dienone is 2. The van der Waals surface area contributed by atoms with Gasteiger partial charge < -0.3 is 4.74 Å². The van der Waals surface area contributed by atoms with Gasteiger partial charge in [0.1, 0.15) is 17.7 Å². The molecule has 0 bridgehead atoms. The highest BCUT2D eigenvalue weighted by molar-refractivity contribution is 5.84. The highest BCUT2D eigenvalue weighted by Crippen LogP contribution is 2.32. The normalized spacial score (nSPS) is 15.5. The van der Waals surface area contributed by atoms with E-state index in [9.17, 15) is 13.6 Å². The van der Waals surface area contributed by atoms with Crippen LogP contribution in [0.3, 0.4) is 0 Å². The van der Waals surface area contributed by atoms with Crippen molar-refractivity contribution in [3.05, 3.63) is 70.8 Å². The van der Waals surface area contributed by atoms with Crippen molar-refractivity contribution in [1.82, 2.24) is 0 Å². The summed E-state index contributed by atoms with van der Waals surface area (Å²) in [4.78, 5) is 12.4. The lowest BCUT2D eigenvalue weighted by atomic mass is 9.80. The van der Waals surface area contributed by atoms with Crippen LogP contribution < -0.4 is 4.74 Å². The summed E-state index contributed by atoms with van der Waals surface area (Å²) in [6.45, 7) is 15.4. The van der Waals surface area contributed by atoms with Crippen LogP contribution in [-0.2, 0) is 17.6 Å². The number of hydrogen-bond acceptors (Lipinski definition) is 2. The molecule has 0 aliphatic heterocycles. The number of alkyl halides is 2. The average Bonchev–Trinajstić information content (AvgIpc) is 2.89. The Kier molecular flexibility index (Phi) is 15.8. The van der Waals surface area contributed by atoms with Gasteiger partial charge in [-0.25, -0.2) is 8.78 Å². The van der Waals surface area contributed by atoms with E-state index >= 15 is 0 Å². The van der Waals surface area contributed by atoms with Gasteiger partial charge >= 0.3 is 0 Å². The van der Waals surface area contributed by atoms with E-state index in [2.05, 4.69) is 45.0 Å². The largest absolute Gasteiger partial charge is 0.461 e. The number of carbonyl (C=O) groups is 1. The second-order valence-electron chi connectivity index (χ2n) is 10.3. The Hall–Kier alpha value is -2.49. The van der Waals surface area contributed by atoms with Gasteiger partial charge in [0.2, 0.25) is 6.36 Å². The van der Waals surface area contributed by atoms with Gasteiger partial charge in [-0.1, -0.05) is 83.4 Å². The Morgan fingerprint density at radius 1 is 1.03 bits per heavy atom. The number of ketones is 1. The number of Topliss-reactive ketones (excluding diaryl/α,β-unsaturated/α-hetero) is 1. The molecule has 3 rings (SSSR count). The molecule has 38 heavy (non-hydrogen) atoms. The lowest BCUT2D eigenvalue weighted by Gasteiger charge is -2.23. The molecule has 2 atom stereocenters. The van der Waals surface area contributed by atoms with Gasteiger partial charge in [-0.2, -0.15) is 0 Å². The maximum absolute atomic E-state index is 13.1. The molecule has 1 saturated carbocycles. The molecule has 0 radical (unpaired) electrons. The summed E-state index contributed by atoms with van der Waals surface area (Å²) < 4.78 is 30.5. The third-order valence-corrected chi connectivity index (χ3v) is 6.89. The Balaban J connectivity index is 0.00000123. The van der Waals surface area contributed by atoms with Crippen molar-refractivity contribution in [2.75, 3.05) is 0 Å². The zero-order valence-electron chi connectivity index (χ0n) is 25.0. The molecule has 0 N–H and O–H groups in total. The van der Waals surface area contributed by atoms with E-state index in [0.29, 0.717) is 5.75 Å². The molecule has 0 saturated heterocycles.